The lowest BCUT2D eigenvalue weighted by Gasteiger charge is -2.36. The van der Waals surface area contributed by atoms with Gasteiger partial charge in [0.15, 0.2) is 0 Å². The molecule has 2 aliphatic rings. The Balaban J connectivity index is 1.87. The van der Waals surface area contributed by atoms with Crippen molar-refractivity contribution >= 4 is 31.9 Å². The fraction of sp³-hybridized carbons (Fsp3) is 0.476. The topological polar surface area (TPSA) is 28.2 Å². The maximum absolute atomic E-state index is 4.90. The lowest BCUT2D eigenvalue weighted by Crippen LogP contribution is -2.45. The number of aryl methyl sites for hydroxylation is 3. The van der Waals surface area contributed by atoms with Gasteiger partial charge in [0.1, 0.15) is 0 Å². The van der Waals surface area contributed by atoms with E-state index in [4.69, 9.17) is 4.98 Å². The molecule has 5 heteroatoms. The van der Waals surface area contributed by atoms with Crippen LogP contribution in [0.1, 0.15) is 47.3 Å². The average Bonchev–Trinajstić information content (AvgIpc) is 2.80. The molecule has 0 radical (unpaired) electrons. The molecule has 0 spiro atoms. The van der Waals surface area contributed by atoms with Gasteiger partial charge in [-0.1, -0.05) is 35.3 Å². The zero-order valence-corrected chi connectivity index (χ0v) is 18.4. The molecule has 2 aromatic rings. The van der Waals surface area contributed by atoms with Gasteiger partial charge in [-0.2, -0.15) is 0 Å². The maximum atomic E-state index is 4.90. The Kier molecular flexibility index (Phi) is 5.79. The number of pyridine rings is 1. The lowest BCUT2D eigenvalue weighted by atomic mass is 9.93. The highest BCUT2D eigenvalue weighted by Crippen LogP contribution is 2.41. The van der Waals surface area contributed by atoms with Gasteiger partial charge in [-0.3, -0.25) is 9.88 Å². The number of aromatic nitrogens is 1. The van der Waals surface area contributed by atoms with Crippen molar-refractivity contribution in [1.82, 2.24) is 15.2 Å². The second-order valence-corrected chi connectivity index (χ2v) is 9.06. The van der Waals surface area contributed by atoms with Crippen LogP contribution in [0.15, 0.2) is 33.3 Å². The number of nitrogens with one attached hydrogen (secondary N) is 1. The third-order valence-electron chi connectivity index (χ3n) is 5.49. The highest BCUT2D eigenvalue weighted by Gasteiger charge is 2.32. The monoisotopic (exact) mass is 477 g/mol. The Morgan fingerprint density at radius 3 is 2.65 bits per heavy atom. The molecule has 1 aliphatic carbocycles. The number of halogens is 2. The molecular formula is C21H25Br2N3. The summed E-state index contributed by atoms with van der Waals surface area (Å²) in [6.07, 6.45) is 6.42. The van der Waals surface area contributed by atoms with Crippen LogP contribution in [-0.4, -0.2) is 36.1 Å². The first-order valence-corrected chi connectivity index (χ1v) is 11.2. The number of nitrogens with zero attached hydrogens (tertiary/aromatic N) is 2. The van der Waals surface area contributed by atoms with E-state index in [2.05, 4.69) is 67.2 Å². The molecule has 1 N–H and O–H groups in total. The van der Waals surface area contributed by atoms with Crippen molar-refractivity contribution in [1.29, 1.82) is 0 Å². The van der Waals surface area contributed by atoms with Crippen molar-refractivity contribution in [3.8, 4) is 0 Å². The van der Waals surface area contributed by atoms with Crippen LogP contribution in [0.2, 0.25) is 0 Å². The summed E-state index contributed by atoms with van der Waals surface area (Å²) in [4.78, 5) is 7.51. The maximum Gasteiger partial charge on any atom is 0.0793 e. The Morgan fingerprint density at radius 1 is 1.12 bits per heavy atom. The summed E-state index contributed by atoms with van der Waals surface area (Å²) in [5.41, 5.74) is 6.97. The van der Waals surface area contributed by atoms with Crippen LogP contribution in [0.4, 0.5) is 0 Å². The van der Waals surface area contributed by atoms with E-state index in [9.17, 15) is 0 Å². The van der Waals surface area contributed by atoms with Crippen LogP contribution >= 0.6 is 31.9 Å². The Hall–Kier alpha value is -0.750. The van der Waals surface area contributed by atoms with Gasteiger partial charge < -0.3 is 5.32 Å². The molecule has 1 fully saturated rings. The van der Waals surface area contributed by atoms with Crippen LogP contribution in [0, 0.1) is 0 Å². The zero-order valence-electron chi connectivity index (χ0n) is 15.2. The van der Waals surface area contributed by atoms with Crippen LogP contribution in [-0.2, 0) is 19.3 Å². The van der Waals surface area contributed by atoms with E-state index < -0.39 is 0 Å². The summed E-state index contributed by atoms with van der Waals surface area (Å²) in [5, 5.41) is 3.49. The Morgan fingerprint density at radius 2 is 1.88 bits per heavy atom. The van der Waals surface area contributed by atoms with Crippen molar-refractivity contribution in [3.63, 3.8) is 0 Å². The summed E-state index contributed by atoms with van der Waals surface area (Å²) >= 11 is 7.55. The highest BCUT2D eigenvalue weighted by atomic mass is 79.9. The number of benzene rings is 1. The molecule has 3 nitrogen and oxygen atoms in total. The van der Waals surface area contributed by atoms with E-state index in [-0.39, 0.29) is 6.04 Å². The standard InChI is InChI=1S/C21H25Br2N3/c1-2-3-14-10-15-4-5-16-12-17(22)13-25-20(16)21(19(15)18(23)11-14)26-8-6-24-7-9-26/h10-13,21,24H,2-9H2,1H3. The van der Waals surface area contributed by atoms with Gasteiger partial charge in [0, 0.05) is 41.3 Å². The smallest absolute Gasteiger partial charge is 0.0793 e. The van der Waals surface area contributed by atoms with Gasteiger partial charge in [0.05, 0.1) is 11.7 Å². The zero-order chi connectivity index (χ0) is 18.1. The molecule has 0 amide bonds. The van der Waals surface area contributed by atoms with E-state index in [0.29, 0.717) is 0 Å². The third-order valence-corrected chi connectivity index (χ3v) is 6.58. The second kappa shape index (κ2) is 8.09. The van der Waals surface area contributed by atoms with E-state index >= 15 is 0 Å². The molecule has 26 heavy (non-hydrogen) atoms. The molecule has 1 saturated heterocycles. The number of piperazine rings is 1. The van der Waals surface area contributed by atoms with Gasteiger partial charge in [0.25, 0.3) is 0 Å². The largest absolute Gasteiger partial charge is 0.314 e. The fourth-order valence-corrected chi connectivity index (χ4v) is 5.47. The number of hydrogen-bond acceptors (Lipinski definition) is 3. The normalized spacial score (nSPS) is 20.3. The van der Waals surface area contributed by atoms with Crippen molar-refractivity contribution in [3.05, 3.63) is 61.3 Å². The van der Waals surface area contributed by atoms with Crippen LogP contribution in [0.25, 0.3) is 0 Å². The van der Waals surface area contributed by atoms with E-state index in [0.717, 1.165) is 49.9 Å². The summed E-state index contributed by atoms with van der Waals surface area (Å²) in [6.45, 7) is 6.46. The fourth-order valence-electron chi connectivity index (χ4n) is 4.32. The van der Waals surface area contributed by atoms with Gasteiger partial charge in [-0.15, -0.1) is 0 Å². The second-order valence-electron chi connectivity index (χ2n) is 7.29. The molecule has 0 saturated carbocycles. The van der Waals surface area contributed by atoms with Gasteiger partial charge in [-0.25, -0.2) is 0 Å². The molecule has 1 aliphatic heterocycles. The molecule has 138 valence electrons. The minimum atomic E-state index is 0.239. The van der Waals surface area contributed by atoms with Gasteiger partial charge in [-0.05, 0) is 69.6 Å². The van der Waals surface area contributed by atoms with Gasteiger partial charge >= 0.3 is 0 Å². The summed E-state index contributed by atoms with van der Waals surface area (Å²) < 4.78 is 2.33. The number of hydrogen-bond donors (Lipinski definition) is 1. The molecule has 1 unspecified atom stereocenters. The van der Waals surface area contributed by atoms with Gasteiger partial charge in [0.2, 0.25) is 0 Å². The Labute approximate surface area is 172 Å². The van der Waals surface area contributed by atoms with E-state index in [1.807, 2.05) is 6.20 Å². The predicted molar refractivity (Wildman–Crippen MR) is 114 cm³/mol. The third kappa shape index (κ3) is 3.64. The van der Waals surface area contributed by atoms with Crippen LogP contribution in [0.3, 0.4) is 0 Å². The predicted octanol–water partition coefficient (Wildman–Crippen LogP) is 4.65. The van der Waals surface area contributed by atoms with E-state index in [1.165, 1.54) is 38.8 Å². The lowest BCUT2D eigenvalue weighted by molar-refractivity contribution is 0.194. The number of rotatable bonds is 3. The summed E-state index contributed by atoms with van der Waals surface area (Å²) in [5.74, 6) is 0. The Bertz CT molecular complexity index is 800. The van der Waals surface area contributed by atoms with Crippen LogP contribution < -0.4 is 5.32 Å². The first-order valence-electron chi connectivity index (χ1n) is 9.57. The molecule has 4 rings (SSSR count). The van der Waals surface area contributed by atoms with Crippen molar-refractivity contribution < 1.29 is 0 Å². The molecule has 0 bridgehead atoms. The first kappa shape index (κ1) is 18.6. The SMILES string of the molecule is CCCc1cc(Br)c2c(c1)CCc1cc(Br)cnc1C2N1CCNCC1. The molecule has 1 atom stereocenters. The average molecular weight is 479 g/mol. The molecule has 2 heterocycles. The molecular weight excluding hydrogens is 454 g/mol. The van der Waals surface area contributed by atoms with Crippen molar-refractivity contribution in [2.75, 3.05) is 26.2 Å². The minimum absolute atomic E-state index is 0.239. The quantitative estimate of drug-likeness (QED) is 0.695. The molecule has 1 aromatic carbocycles. The van der Waals surface area contributed by atoms with Crippen molar-refractivity contribution in [2.45, 2.75) is 38.6 Å². The highest BCUT2D eigenvalue weighted by molar-refractivity contribution is 9.10. The summed E-state index contributed by atoms with van der Waals surface area (Å²) in [7, 11) is 0. The van der Waals surface area contributed by atoms with Crippen LogP contribution in [0.5, 0.6) is 0 Å². The molecule has 1 aromatic heterocycles. The van der Waals surface area contributed by atoms with Crippen molar-refractivity contribution in [2.24, 2.45) is 0 Å². The van der Waals surface area contributed by atoms with E-state index in [1.54, 1.807) is 0 Å². The number of fused-ring (bicyclic) bond motifs is 2. The summed E-state index contributed by atoms with van der Waals surface area (Å²) in [6, 6.07) is 7.29. The minimum Gasteiger partial charge on any atom is -0.314 e. The first-order chi connectivity index (χ1) is 12.7.